The van der Waals surface area contributed by atoms with Crippen LogP contribution in [0.25, 0.3) is 11.0 Å². The summed E-state index contributed by atoms with van der Waals surface area (Å²) in [5, 5.41) is 0. The van der Waals surface area contributed by atoms with Crippen LogP contribution < -0.4 is 9.64 Å². The van der Waals surface area contributed by atoms with Crippen LogP contribution in [0.15, 0.2) is 66.7 Å². The zero-order valence-corrected chi connectivity index (χ0v) is 24.0. The fourth-order valence-corrected chi connectivity index (χ4v) is 6.00. The van der Waals surface area contributed by atoms with E-state index in [0.29, 0.717) is 13.3 Å². The highest BCUT2D eigenvalue weighted by Crippen LogP contribution is 2.41. The van der Waals surface area contributed by atoms with E-state index in [0.717, 1.165) is 49.2 Å². The molecule has 6 rings (SSSR count). The number of nitrogens with zero attached hydrogens (tertiary/aromatic N) is 3. The van der Waals surface area contributed by atoms with E-state index < -0.39 is 8.07 Å². The molecule has 0 atom stereocenters. The van der Waals surface area contributed by atoms with Gasteiger partial charge in [0.1, 0.15) is 19.1 Å². The van der Waals surface area contributed by atoms with Gasteiger partial charge in [-0.05, 0) is 77.7 Å². The molecule has 0 spiro atoms. The highest BCUT2D eigenvalue weighted by Gasteiger charge is 2.26. The summed E-state index contributed by atoms with van der Waals surface area (Å²) in [4.78, 5) is 7.61. The van der Waals surface area contributed by atoms with Crippen molar-refractivity contribution in [3.63, 3.8) is 0 Å². The zero-order valence-electron chi connectivity index (χ0n) is 23.0. The molecule has 1 aliphatic heterocycles. The molecular formula is C32H39N3O2Si. The molecule has 0 unspecified atom stereocenters. The second-order valence-electron chi connectivity index (χ2n) is 12.1. The van der Waals surface area contributed by atoms with E-state index in [1.807, 2.05) is 6.07 Å². The van der Waals surface area contributed by atoms with Crippen LogP contribution in [0.5, 0.6) is 5.75 Å². The molecule has 38 heavy (non-hydrogen) atoms. The molecule has 2 aliphatic rings. The van der Waals surface area contributed by atoms with E-state index in [1.165, 1.54) is 46.7 Å². The molecule has 5 nitrogen and oxygen atoms in total. The Bertz CT molecular complexity index is 1410. The lowest BCUT2D eigenvalue weighted by Gasteiger charge is -2.30. The van der Waals surface area contributed by atoms with Gasteiger partial charge in [-0.2, -0.15) is 0 Å². The van der Waals surface area contributed by atoms with Gasteiger partial charge in [0, 0.05) is 27.8 Å². The molecule has 1 saturated carbocycles. The summed E-state index contributed by atoms with van der Waals surface area (Å²) in [6.45, 7) is 10.9. The molecule has 0 radical (unpaired) electrons. The quantitative estimate of drug-likeness (QED) is 0.160. The Morgan fingerprint density at radius 2 is 1.79 bits per heavy atom. The van der Waals surface area contributed by atoms with Crippen LogP contribution in [-0.2, 0) is 31.0 Å². The summed E-state index contributed by atoms with van der Waals surface area (Å²) in [7, 11) is -1.14. The number of imidazole rings is 1. The van der Waals surface area contributed by atoms with E-state index in [-0.39, 0.29) is 0 Å². The van der Waals surface area contributed by atoms with Gasteiger partial charge in [0.25, 0.3) is 0 Å². The van der Waals surface area contributed by atoms with Crippen LogP contribution >= 0.6 is 0 Å². The van der Waals surface area contributed by atoms with E-state index in [1.54, 1.807) is 0 Å². The van der Waals surface area contributed by atoms with E-state index >= 15 is 0 Å². The normalized spacial score (nSPS) is 15.6. The smallest absolute Gasteiger partial charge is 0.208 e. The van der Waals surface area contributed by atoms with Crippen LogP contribution in [0, 0.1) is 0 Å². The van der Waals surface area contributed by atoms with Gasteiger partial charge in [0.15, 0.2) is 0 Å². The molecule has 1 aliphatic carbocycles. The van der Waals surface area contributed by atoms with Crippen molar-refractivity contribution in [1.29, 1.82) is 0 Å². The molecule has 4 aromatic rings. The highest BCUT2D eigenvalue weighted by atomic mass is 28.3. The van der Waals surface area contributed by atoms with Crippen LogP contribution in [-0.4, -0.2) is 30.8 Å². The largest absolute Gasteiger partial charge is 0.489 e. The molecule has 1 aromatic heterocycles. The first-order valence-electron chi connectivity index (χ1n) is 14.0. The maximum absolute atomic E-state index is 6.26. The Hall–Kier alpha value is -3.09. The second kappa shape index (κ2) is 10.6. The molecule has 0 amide bonds. The third kappa shape index (κ3) is 5.81. The molecule has 2 heterocycles. The summed E-state index contributed by atoms with van der Waals surface area (Å²) >= 11 is 0. The van der Waals surface area contributed by atoms with Crippen molar-refractivity contribution in [2.24, 2.45) is 0 Å². The van der Waals surface area contributed by atoms with Crippen molar-refractivity contribution >= 4 is 25.1 Å². The molecule has 0 saturated heterocycles. The minimum Gasteiger partial charge on any atom is -0.489 e. The molecule has 6 heteroatoms. The lowest BCUT2D eigenvalue weighted by atomic mass is 10.00. The fraction of sp³-hybridized carbons (Fsp3) is 0.406. The summed E-state index contributed by atoms with van der Waals surface area (Å²) in [5.41, 5.74) is 7.59. The van der Waals surface area contributed by atoms with Gasteiger partial charge in [0.05, 0.1) is 11.0 Å². The Morgan fingerprint density at radius 3 is 2.58 bits per heavy atom. The second-order valence-corrected chi connectivity index (χ2v) is 17.7. The standard InChI is InChI=1S/C32H39N3O2Si/c1-38(2,3)18-17-36-23-35-31-14-12-27(25-9-10-25)20-30(31)33-32(35)34-16-15-26-11-13-29(19-28(26)21-34)37-22-24-7-5-4-6-8-24/h4-8,11-14,19-20,25H,9-10,15-18,21-23H2,1-3H3. The number of anilines is 1. The Kier molecular flexibility index (Phi) is 7.02. The average molecular weight is 526 g/mol. The van der Waals surface area contributed by atoms with Gasteiger partial charge in [-0.25, -0.2) is 4.98 Å². The Morgan fingerprint density at radius 1 is 0.947 bits per heavy atom. The van der Waals surface area contributed by atoms with E-state index in [2.05, 4.69) is 89.8 Å². The van der Waals surface area contributed by atoms with Crippen LogP contribution in [0.1, 0.15) is 41.0 Å². The van der Waals surface area contributed by atoms with Gasteiger partial charge in [-0.15, -0.1) is 0 Å². The molecule has 0 N–H and O–H groups in total. The minimum atomic E-state index is -1.14. The topological polar surface area (TPSA) is 39.5 Å². The van der Waals surface area contributed by atoms with Gasteiger partial charge in [0.2, 0.25) is 5.95 Å². The number of benzene rings is 3. The van der Waals surface area contributed by atoms with E-state index in [9.17, 15) is 0 Å². The number of aromatic nitrogens is 2. The van der Waals surface area contributed by atoms with Gasteiger partial charge >= 0.3 is 0 Å². The lowest BCUT2D eigenvalue weighted by molar-refractivity contribution is 0.0905. The first kappa shape index (κ1) is 25.2. The SMILES string of the molecule is C[Si](C)(C)CCOCn1c(N2CCc3ccc(OCc4ccccc4)cc3C2)nc2cc(C3CC3)ccc21. The number of hydrogen-bond acceptors (Lipinski definition) is 4. The average Bonchev–Trinajstić information content (AvgIpc) is 3.71. The number of hydrogen-bond donors (Lipinski definition) is 0. The summed E-state index contributed by atoms with van der Waals surface area (Å²) in [5.74, 6) is 2.66. The van der Waals surface area contributed by atoms with Crippen molar-refractivity contribution in [2.75, 3.05) is 18.1 Å². The molecule has 0 bridgehead atoms. The predicted octanol–water partition coefficient (Wildman–Crippen LogP) is 7.37. The van der Waals surface area contributed by atoms with Gasteiger partial charge in [-0.1, -0.05) is 62.1 Å². The zero-order chi connectivity index (χ0) is 26.1. The van der Waals surface area contributed by atoms with Crippen molar-refractivity contribution < 1.29 is 9.47 Å². The van der Waals surface area contributed by atoms with Crippen LogP contribution in [0.3, 0.4) is 0 Å². The van der Waals surface area contributed by atoms with Crippen molar-refractivity contribution in [3.8, 4) is 5.75 Å². The Labute approximate surface area is 227 Å². The summed E-state index contributed by atoms with van der Waals surface area (Å²) < 4.78 is 14.7. The highest BCUT2D eigenvalue weighted by molar-refractivity contribution is 6.76. The number of rotatable bonds is 10. The summed E-state index contributed by atoms with van der Waals surface area (Å²) in [6, 6.07) is 24.9. The van der Waals surface area contributed by atoms with E-state index in [4.69, 9.17) is 14.5 Å². The van der Waals surface area contributed by atoms with Crippen molar-refractivity contribution in [3.05, 3.63) is 89.0 Å². The molecular weight excluding hydrogens is 486 g/mol. The maximum atomic E-state index is 6.26. The minimum absolute atomic E-state index is 0.544. The number of ether oxygens (including phenoxy) is 2. The fourth-order valence-electron chi connectivity index (χ4n) is 5.24. The van der Waals surface area contributed by atoms with Crippen molar-refractivity contribution in [1.82, 2.24) is 9.55 Å². The number of fused-ring (bicyclic) bond motifs is 2. The van der Waals surface area contributed by atoms with Crippen molar-refractivity contribution in [2.45, 2.75) is 70.7 Å². The third-order valence-electron chi connectivity index (χ3n) is 7.74. The van der Waals surface area contributed by atoms with Crippen LogP contribution in [0.4, 0.5) is 5.95 Å². The monoisotopic (exact) mass is 525 g/mol. The van der Waals surface area contributed by atoms with Gasteiger partial charge < -0.3 is 14.4 Å². The lowest BCUT2D eigenvalue weighted by Crippen LogP contribution is -2.33. The first-order chi connectivity index (χ1) is 18.4. The first-order valence-corrected chi connectivity index (χ1v) is 17.8. The third-order valence-corrected chi connectivity index (χ3v) is 9.44. The van der Waals surface area contributed by atoms with Crippen LogP contribution in [0.2, 0.25) is 25.7 Å². The molecule has 3 aromatic carbocycles. The predicted molar refractivity (Wildman–Crippen MR) is 158 cm³/mol. The molecule has 198 valence electrons. The molecule has 1 fully saturated rings. The Balaban J connectivity index is 1.23. The maximum Gasteiger partial charge on any atom is 0.208 e. The van der Waals surface area contributed by atoms with Gasteiger partial charge in [-0.3, -0.25) is 4.57 Å². The summed E-state index contributed by atoms with van der Waals surface area (Å²) in [6.07, 6.45) is 3.61.